The smallest absolute Gasteiger partial charge is 0.128 e. The van der Waals surface area contributed by atoms with E-state index in [1.807, 2.05) is 6.07 Å². The molecule has 1 heterocycles. The van der Waals surface area contributed by atoms with Gasteiger partial charge in [0.15, 0.2) is 0 Å². The number of nitriles is 2. The van der Waals surface area contributed by atoms with Gasteiger partial charge in [0.1, 0.15) is 11.9 Å². The molecule has 18 heavy (non-hydrogen) atoms. The SMILES string of the molecule is CC(C)CCN(CCC#N)c1ccc(C#N)cn1. The summed E-state index contributed by atoms with van der Waals surface area (Å²) >= 11 is 0. The van der Waals surface area contributed by atoms with Gasteiger partial charge in [0.2, 0.25) is 0 Å². The zero-order chi connectivity index (χ0) is 13.4. The predicted octanol–water partition coefficient (Wildman–Crippen LogP) is 2.72. The molecule has 0 aliphatic rings. The summed E-state index contributed by atoms with van der Waals surface area (Å²) in [5.74, 6) is 1.46. The molecule has 4 nitrogen and oxygen atoms in total. The molecule has 0 fully saturated rings. The summed E-state index contributed by atoms with van der Waals surface area (Å²) < 4.78 is 0. The first-order valence-corrected chi connectivity index (χ1v) is 6.15. The van der Waals surface area contributed by atoms with Crippen molar-refractivity contribution in [1.82, 2.24) is 4.98 Å². The maximum atomic E-state index is 8.74. The number of anilines is 1. The van der Waals surface area contributed by atoms with Crippen LogP contribution in [0.4, 0.5) is 5.82 Å². The Labute approximate surface area is 108 Å². The van der Waals surface area contributed by atoms with Crippen LogP contribution in [0.2, 0.25) is 0 Å². The second-order valence-corrected chi connectivity index (χ2v) is 4.59. The maximum absolute atomic E-state index is 8.74. The minimum atomic E-state index is 0.486. The summed E-state index contributed by atoms with van der Waals surface area (Å²) in [5, 5.41) is 17.4. The van der Waals surface area contributed by atoms with Crippen LogP contribution in [0.1, 0.15) is 32.3 Å². The van der Waals surface area contributed by atoms with Crippen LogP contribution in [0.25, 0.3) is 0 Å². The molecule has 1 aromatic heterocycles. The molecule has 4 heteroatoms. The van der Waals surface area contributed by atoms with Crippen molar-refractivity contribution in [3.63, 3.8) is 0 Å². The molecule has 0 aromatic carbocycles. The van der Waals surface area contributed by atoms with E-state index in [1.165, 1.54) is 0 Å². The van der Waals surface area contributed by atoms with E-state index in [1.54, 1.807) is 12.3 Å². The summed E-state index contributed by atoms with van der Waals surface area (Å²) in [6.07, 6.45) is 3.12. The summed E-state index contributed by atoms with van der Waals surface area (Å²) in [5.41, 5.74) is 0.558. The van der Waals surface area contributed by atoms with Crippen LogP contribution in [-0.4, -0.2) is 18.1 Å². The first kappa shape index (κ1) is 14.0. The first-order chi connectivity index (χ1) is 8.67. The van der Waals surface area contributed by atoms with E-state index in [-0.39, 0.29) is 0 Å². The summed E-state index contributed by atoms with van der Waals surface area (Å²) in [6.45, 7) is 5.92. The second-order valence-electron chi connectivity index (χ2n) is 4.59. The van der Waals surface area contributed by atoms with Crippen LogP contribution in [0.5, 0.6) is 0 Å². The minimum Gasteiger partial charge on any atom is -0.356 e. The van der Waals surface area contributed by atoms with Gasteiger partial charge < -0.3 is 4.90 Å². The normalized spacial score (nSPS) is 9.83. The Bertz CT molecular complexity index is 436. The number of hydrogen-bond donors (Lipinski definition) is 0. The summed E-state index contributed by atoms with van der Waals surface area (Å²) in [7, 11) is 0. The third-order valence-corrected chi connectivity index (χ3v) is 2.67. The molecule has 0 atom stereocenters. The van der Waals surface area contributed by atoms with Gasteiger partial charge in [0.05, 0.1) is 18.1 Å². The molecule has 94 valence electrons. The monoisotopic (exact) mass is 242 g/mol. The van der Waals surface area contributed by atoms with E-state index in [4.69, 9.17) is 10.5 Å². The quantitative estimate of drug-likeness (QED) is 0.769. The van der Waals surface area contributed by atoms with Gasteiger partial charge in [-0.1, -0.05) is 13.8 Å². The zero-order valence-electron chi connectivity index (χ0n) is 10.9. The molecule has 1 aromatic rings. The zero-order valence-corrected chi connectivity index (χ0v) is 10.9. The van der Waals surface area contributed by atoms with Crippen molar-refractivity contribution in [2.45, 2.75) is 26.7 Å². The van der Waals surface area contributed by atoms with E-state index in [2.05, 4.69) is 35.9 Å². The molecule has 0 N–H and O–H groups in total. The Balaban J connectivity index is 2.74. The largest absolute Gasteiger partial charge is 0.356 e. The van der Waals surface area contributed by atoms with Crippen LogP contribution in [0.15, 0.2) is 18.3 Å². The Morgan fingerprint density at radius 2 is 2.06 bits per heavy atom. The van der Waals surface area contributed by atoms with Crippen LogP contribution in [-0.2, 0) is 0 Å². The third kappa shape index (κ3) is 4.43. The highest BCUT2D eigenvalue weighted by molar-refractivity contribution is 5.41. The molecule has 0 aliphatic heterocycles. The number of hydrogen-bond acceptors (Lipinski definition) is 4. The third-order valence-electron chi connectivity index (χ3n) is 2.67. The molecule has 0 unspecified atom stereocenters. The second kappa shape index (κ2) is 7.29. The molecule has 0 saturated carbocycles. The van der Waals surface area contributed by atoms with Crippen molar-refractivity contribution >= 4 is 5.82 Å². The highest BCUT2D eigenvalue weighted by Crippen LogP contribution is 2.13. The van der Waals surface area contributed by atoms with Gasteiger partial charge in [-0.3, -0.25) is 0 Å². The van der Waals surface area contributed by atoms with Crippen LogP contribution < -0.4 is 4.90 Å². The number of aromatic nitrogens is 1. The lowest BCUT2D eigenvalue weighted by molar-refractivity contribution is 0.571. The molecule has 0 saturated heterocycles. The number of pyridine rings is 1. The molecule has 0 amide bonds. The standard InChI is InChI=1S/C14H18N4/c1-12(2)6-9-18(8-3-7-15)14-5-4-13(10-16)11-17-14/h4-5,11-12H,3,6,8-9H2,1-2H3. The summed E-state index contributed by atoms with van der Waals surface area (Å²) in [6, 6.07) is 7.81. The van der Waals surface area contributed by atoms with E-state index in [0.717, 1.165) is 18.8 Å². The lowest BCUT2D eigenvalue weighted by Crippen LogP contribution is -2.27. The van der Waals surface area contributed by atoms with Crippen molar-refractivity contribution in [3.8, 4) is 12.1 Å². The Kier molecular flexibility index (Phi) is 5.67. The van der Waals surface area contributed by atoms with Gasteiger partial charge in [-0.2, -0.15) is 10.5 Å². The Morgan fingerprint density at radius 3 is 2.56 bits per heavy atom. The van der Waals surface area contributed by atoms with Crippen LogP contribution in [0, 0.1) is 28.6 Å². The maximum Gasteiger partial charge on any atom is 0.128 e. The molecule has 0 aliphatic carbocycles. The number of rotatable bonds is 6. The fraction of sp³-hybridized carbons (Fsp3) is 0.500. The fourth-order valence-corrected chi connectivity index (χ4v) is 1.58. The Hall–Kier alpha value is -2.07. The molecular formula is C14H18N4. The van der Waals surface area contributed by atoms with Gasteiger partial charge in [-0.25, -0.2) is 4.98 Å². The molecule has 1 rings (SSSR count). The van der Waals surface area contributed by atoms with Gasteiger partial charge in [0, 0.05) is 19.3 Å². The average Bonchev–Trinajstić information content (AvgIpc) is 2.39. The van der Waals surface area contributed by atoms with Crippen molar-refractivity contribution in [1.29, 1.82) is 10.5 Å². The number of nitrogens with zero attached hydrogens (tertiary/aromatic N) is 4. The highest BCUT2D eigenvalue weighted by Gasteiger charge is 2.08. The van der Waals surface area contributed by atoms with Gasteiger partial charge in [0.25, 0.3) is 0 Å². The molecule has 0 spiro atoms. The molecule has 0 bridgehead atoms. The molecular weight excluding hydrogens is 224 g/mol. The first-order valence-electron chi connectivity index (χ1n) is 6.15. The van der Waals surface area contributed by atoms with Gasteiger partial charge >= 0.3 is 0 Å². The highest BCUT2D eigenvalue weighted by atomic mass is 15.2. The average molecular weight is 242 g/mol. The fourth-order valence-electron chi connectivity index (χ4n) is 1.58. The van der Waals surface area contributed by atoms with Crippen LogP contribution in [0.3, 0.4) is 0 Å². The van der Waals surface area contributed by atoms with Gasteiger partial charge in [-0.05, 0) is 24.5 Å². The van der Waals surface area contributed by atoms with Crippen molar-refractivity contribution < 1.29 is 0 Å². The molecule has 0 radical (unpaired) electrons. The van der Waals surface area contributed by atoms with Crippen molar-refractivity contribution in [3.05, 3.63) is 23.9 Å². The van der Waals surface area contributed by atoms with E-state index in [0.29, 0.717) is 24.4 Å². The lowest BCUT2D eigenvalue weighted by atomic mass is 10.1. The van der Waals surface area contributed by atoms with Crippen LogP contribution >= 0.6 is 0 Å². The summed E-state index contributed by atoms with van der Waals surface area (Å²) in [4.78, 5) is 6.38. The minimum absolute atomic E-state index is 0.486. The predicted molar refractivity (Wildman–Crippen MR) is 70.9 cm³/mol. The van der Waals surface area contributed by atoms with E-state index in [9.17, 15) is 0 Å². The topological polar surface area (TPSA) is 63.7 Å². The van der Waals surface area contributed by atoms with Crippen molar-refractivity contribution in [2.75, 3.05) is 18.0 Å². The van der Waals surface area contributed by atoms with Crippen molar-refractivity contribution in [2.24, 2.45) is 5.92 Å². The van der Waals surface area contributed by atoms with E-state index >= 15 is 0 Å². The van der Waals surface area contributed by atoms with Gasteiger partial charge in [-0.15, -0.1) is 0 Å². The van der Waals surface area contributed by atoms with E-state index < -0.39 is 0 Å². The Morgan fingerprint density at radius 1 is 1.28 bits per heavy atom. The lowest BCUT2D eigenvalue weighted by Gasteiger charge is -2.23.